The fourth-order valence-electron chi connectivity index (χ4n) is 3.92. The first-order valence-corrected chi connectivity index (χ1v) is 12.1. The van der Waals surface area contributed by atoms with E-state index in [2.05, 4.69) is 22.2 Å². The Balaban J connectivity index is 1.65. The number of anilines is 1. The van der Waals surface area contributed by atoms with Gasteiger partial charge in [0, 0.05) is 42.9 Å². The van der Waals surface area contributed by atoms with Crippen molar-refractivity contribution in [1.82, 2.24) is 19.7 Å². The van der Waals surface area contributed by atoms with Gasteiger partial charge in [-0.1, -0.05) is 17.8 Å². The van der Waals surface area contributed by atoms with Gasteiger partial charge >= 0.3 is 0 Å². The van der Waals surface area contributed by atoms with Crippen molar-refractivity contribution in [3.63, 3.8) is 0 Å². The monoisotopic (exact) mass is 442 g/mol. The van der Waals surface area contributed by atoms with Crippen molar-refractivity contribution in [2.45, 2.75) is 29.4 Å². The van der Waals surface area contributed by atoms with E-state index in [9.17, 15) is 4.55 Å². The molecule has 0 bridgehead atoms. The summed E-state index contributed by atoms with van der Waals surface area (Å²) < 4.78 is 18.4. The lowest BCUT2D eigenvalue weighted by Gasteiger charge is -2.27. The molecule has 1 unspecified atom stereocenters. The highest BCUT2D eigenvalue weighted by Crippen LogP contribution is 2.46. The number of hydrogen-bond donors (Lipinski definition) is 2. The first-order valence-electron chi connectivity index (χ1n) is 9.96. The highest BCUT2D eigenvalue weighted by Gasteiger charge is 2.32. The predicted molar refractivity (Wildman–Crippen MR) is 123 cm³/mol. The summed E-state index contributed by atoms with van der Waals surface area (Å²) in [5.41, 5.74) is 11.1. The summed E-state index contributed by atoms with van der Waals surface area (Å²) in [5.74, 6) is 1.04. The third kappa shape index (κ3) is 3.35. The largest absolute Gasteiger partial charge is 0.393 e. The number of aryl methyl sites for hydroxylation is 1. The normalized spacial score (nSPS) is 15.7. The number of methoxy groups -OCH3 is 1. The minimum atomic E-state index is -0.945. The van der Waals surface area contributed by atoms with Crippen molar-refractivity contribution < 1.29 is 9.29 Å². The second kappa shape index (κ2) is 7.81. The Morgan fingerprint density at radius 1 is 1.37 bits per heavy atom. The van der Waals surface area contributed by atoms with Crippen LogP contribution in [0.15, 0.2) is 28.7 Å². The van der Waals surface area contributed by atoms with Crippen LogP contribution in [0.25, 0.3) is 32.5 Å². The molecule has 5 rings (SSSR count). The second-order valence-electron chi connectivity index (χ2n) is 7.71. The van der Waals surface area contributed by atoms with E-state index in [-0.39, 0.29) is 0 Å². The van der Waals surface area contributed by atoms with Gasteiger partial charge in [-0.2, -0.15) is 9.65 Å². The maximum Gasteiger partial charge on any atom is 0.269 e. The Morgan fingerprint density at radius 3 is 2.93 bits per heavy atom. The van der Waals surface area contributed by atoms with Crippen LogP contribution >= 0.6 is 11.3 Å². The van der Waals surface area contributed by atoms with Crippen molar-refractivity contribution in [2.24, 2.45) is 7.05 Å². The zero-order valence-corrected chi connectivity index (χ0v) is 18.6. The van der Waals surface area contributed by atoms with Gasteiger partial charge in [-0.25, -0.2) is 9.97 Å². The molecule has 0 radical (unpaired) electrons. The van der Waals surface area contributed by atoms with Gasteiger partial charge in [0.1, 0.15) is 10.5 Å². The molecule has 1 atom stereocenters. The van der Waals surface area contributed by atoms with Gasteiger partial charge in [-0.3, -0.25) is 4.68 Å². The number of fused-ring (bicyclic) bond motifs is 2. The fraction of sp³-hybridized carbons (Fsp3) is 0.381. The van der Waals surface area contributed by atoms with Crippen LogP contribution in [0.3, 0.4) is 0 Å². The maximum absolute atomic E-state index is 10.7. The van der Waals surface area contributed by atoms with E-state index in [1.807, 2.05) is 19.4 Å². The van der Waals surface area contributed by atoms with E-state index in [1.165, 1.54) is 23.3 Å². The lowest BCUT2D eigenvalue weighted by molar-refractivity contribution is 0.217. The minimum absolute atomic E-state index is 0.494. The lowest BCUT2D eigenvalue weighted by atomic mass is 9.79. The van der Waals surface area contributed by atoms with Crippen LogP contribution < -0.4 is 5.73 Å². The Morgan fingerprint density at radius 2 is 2.20 bits per heavy atom. The predicted octanol–water partition coefficient (Wildman–Crippen LogP) is 4.19. The molecule has 1 aliphatic carbocycles. The average Bonchev–Trinajstić information content (AvgIpc) is 3.23. The van der Waals surface area contributed by atoms with Crippen LogP contribution in [0.5, 0.6) is 0 Å². The number of nitrogen functional groups attached to an aromatic ring is 1. The number of nitrogens with two attached hydrogens (primary N) is 1. The van der Waals surface area contributed by atoms with E-state index in [4.69, 9.17) is 15.5 Å². The number of pyridine rings is 2. The highest BCUT2D eigenvalue weighted by atomic mass is 32.2. The zero-order valence-electron chi connectivity index (χ0n) is 17.0. The summed E-state index contributed by atoms with van der Waals surface area (Å²) in [6.07, 6.45) is 7.37. The number of rotatable bonds is 6. The van der Waals surface area contributed by atoms with Crippen molar-refractivity contribution in [1.29, 1.82) is 0 Å². The van der Waals surface area contributed by atoms with Crippen LogP contribution in [-0.4, -0.2) is 43.8 Å². The fourth-order valence-corrected chi connectivity index (χ4v) is 6.52. The molecule has 1 aliphatic rings. The first-order chi connectivity index (χ1) is 14.5. The molecule has 0 saturated heterocycles. The van der Waals surface area contributed by atoms with Crippen LogP contribution in [-0.2, 0) is 23.0 Å². The molecular weight excluding hydrogens is 418 g/mol. The topological polar surface area (TPSA) is 99.1 Å². The molecule has 0 amide bonds. The molecule has 4 heterocycles. The first kappa shape index (κ1) is 19.7. The lowest BCUT2D eigenvalue weighted by Crippen LogP contribution is -2.12. The van der Waals surface area contributed by atoms with E-state index < -0.39 is 11.2 Å². The van der Waals surface area contributed by atoms with E-state index >= 15 is 0 Å². The smallest absolute Gasteiger partial charge is 0.269 e. The number of hydrogen-bond acceptors (Lipinski definition) is 7. The van der Waals surface area contributed by atoms with Gasteiger partial charge < -0.3 is 10.5 Å². The number of ether oxygens (including phenoxy) is 1. The molecule has 156 valence electrons. The van der Waals surface area contributed by atoms with Gasteiger partial charge in [-0.15, -0.1) is 0 Å². The molecule has 30 heavy (non-hydrogen) atoms. The minimum Gasteiger partial charge on any atom is -0.393 e. The molecule has 1 saturated carbocycles. The molecule has 0 aromatic carbocycles. The van der Waals surface area contributed by atoms with E-state index in [0.717, 1.165) is 49.6 Å². The van der Waals surface area contributed by atoms with E-state index in [0.29, 0.717) is 24.0 Å². The van der Waals surface area contributed by atoms with Crippen molar-refractivity contribution in [2.75, 3.05) is 25.2 Å². The Hall–Kier alpha value is -2.20. The molecule has 0 spiro atoms. The van der Waals surface area contributed by atoms with E-state index in [1.54, 1.807) is 11.8 Å². The second-order valence-corrected chi connectivity index (χ2v) is 10.5. The highest BCUT2D eigenvalue weighted by molar-refractivity contribution is 7.93. The summed E-state index contributed by atoms with van der Waals surface area (Å²) >= 11 is 0.554. The SMILES string of the molecule is COCC[S+](O)c1sc2nc(-c3cnc4nn(C)cc4c3)cc(C3CCC3)c2c1N. The number of aromatic nitrogens is 4. The third-order valence-corrected chi connectivity index (χ3v) is 8.63. The molecule has 9 heteroatoms. The maximum atomic E-state index is 10.7. The van der Waals surface area contributed by atoms with Crippen LogP contribution in [0.2, 0.25) is 0 Å². The summed E-state index contributed by atoms with van der Waals surface area (Å²) in [6, 6.07) is 4.25. The molecule has 7 nitrogen and oxygen atoms in total. The van der Waals surface area contributed by atoms with Crippen molar-refractivity contribution >= 4 is 49.5 Å². The van der Waals surface area contributed by atoms with Crippen LogP contribution in [0, 0.1) is 0 Å². The third-order valence-electron chi connectivity index (χ3n) is 5.70. The summed E-state index contributed by atoms with van der Waals surface area (Å²) in [7, 11) is 3.53. The zero-order chi connectivity index (χ0) is 20.8. The van der Waals surface area contributed by atoms with Gasteiger partial charge in [0.15, 0.2) is 22.6 Å². The Bertz CT molecular complexity index is 1230. The molecule has 3 N–H and O–H groups in total. The van der Waals surface area contributed by atoms with Gasteiger partial charge in [0.05, 0.1) is 12.3 Å². The Labute approximate surface area is 181 Å². The van der Waals surface area contributed by atoms with Crippen LogP contribution in [0.4, 0.5) is 5.69 Å². The summed E-state index contributed by atoms with van der Waals surface area (Å²) in [6.45, 7) is 0.498. The standard InChI is InChI=1S/C21H24N5O2S2/c1-26-11-14-8-13(10-23-19(14)25-26)16-9-15(12-4-3-5-12)17-18(22)21(29-20(17)24-16)30(27)7-6-28-2/h8-12,27H,3-7,22H2,1-2H3/q+1. The molecule has 0 aliphatic heterocycles. The van der Waals surface area contributed by atoms with Gasteiger partial charge in [0.2, 0.25) is 0 Å². The summed E-state index contributed by atoms with van der Waals surface area (Å²) in [4.78, 5) is 10.3. The molecule has 1 fully saturated rings. The molecular formula is C21H24N5O2S2+. The molecule has 4 aromatic heterocycles. The average molecular weight is 443 g/mol. The Kier molecular flexibility index (Phi) is 5.14. The van der Waals surface area contributed by atoms with Crippen molar-refractivity contribution in [3.05, 3.63) is 30.1 Å². The molecule has 4 aromatic rings. The number of nitrogens with zero attached hydrogens (tertiary/aromatic N) is 4. The quantitative estimate of drug-likeness (QED) is 0.434. The van der Waals surface area contributed by atoms with Gasteiger partial charge in [-0.05, 0) is 36.5 Å². The van der Waals surface area contributed by atoms with Gasteiger partial charge in [0.25, 0.3) is 4.21 Å². The van der Waals surface area contributed by atoms with Crippen molar-refractivity contribution in [3.8, 4) is 11.3 Å². The van der Waals surface area contributed by atoms with Crippen LogP contribution in [0.1, 0.15) is 30.7 Å². The summed E-state index contributed by atoms with van der Waals surface area (Å²) in [5, 5.41) is 6.37. The number of thiophene rings is 1.